The van der Waals surface area contributed by atoms with E-state index in [1.54, 1.807) is 0 Å². The van der Waals surface area contributed by atoms with Crippen LogP contribution in [0.3, 0.4) is 0 Å². The van der Waals surface area contributed by atoms with Crippen LogP contribution in [0.25, 0.3) is 0 Å². The molecule has 0 spiro atoms. The molecule has 0 aliphatic heterocycles. The topological polar surface area (TPSA) is 17.1 Å². The predicted molar refractivity (Wildman–Crippen MR) is 89.2 cm³/mol. The van der Waals surface area contributed by atoms with Crippen molar-refractivity contribution < 1.29 is 4.79 Å². The summed E-state index contributed by atoms with van der Waals surface area (Å²) in [5.41, 5.74) is 4.86. The molecule has 1 saturated carbocycles. The van der Waals surface area contributed by atoms with E-state index in [9.17, 15) is 4.79 Å². The molecule has 0 unspecified atom stereocenters. The van der Waals surface area contributed by atoms with Crippen LogP contribution in [0.15, 0.2) is 48.5 Å². The van der Waals surface area contributed by atoms with E-state index in [0.717, 1.165) is 18.4 Å². The van der Waals surface area contributed by atoms with Crippen molar-refractivity contribution in [3.63, 3.8) is 0 Å². The van der Waals surface area contributed by atoms with Gasteiger partial charge in [-0.15, -0.1) is 0 Å². The van der Waals surface area contributed by atoms with Gasteiger partial charge in [0.2, 0.25) is 0 Å². The highest BCUT2D eigenvalue weighted by atomic mass is 16.1. The smallest absolute Gasteiger partial charge is 0.166 e. The molecule has 0 amide bonds. The Morgan fingerprint density at radius 2 is 1.68 bits per heavy atom. The van der Waals surface area contributed by atoms with E-state index >= 15 is 0 Å². The molecule has 0 heterocycles. The molecule has 2 aromatic carbocycles. The first-order valence-electron chi connectivity index (χ1n) is 8.43. The van der Waals surface area contributed by atoms with Gasteiger partial charge in [0.1, 0.15) is 0 Å². The number of rotatable bonds is 3. The third-order valence-electron chi connectivity index (χ3n) is 5.37. The molecule has 1 fully saturated rings. The number of aryl methyl sites for hydroxylation is 2. The Morgan fingerprint density at radius 3 is 2.41 bits per heavy atom. The zero-order valence-electron chi connectivity index (χ0n) is 13.1. The van der Waals surface area contributed by atoms with Crippen molar-refractivity contribution in [2.45, 2.75) is 38.5 Å². The molecule has 2 atom stereocenters. The van der Waals surface area contributed by atoms with Crippen LogP contribution < -0.4 is 0 Å². The standard InChI is InChI=1S/C21H22O/c1-14-6-8-16(9-7-14)20(17-10-11-17)19-13-12-15-4-2-3-5-18(15)21(19)22/h2-9,17,19-20H,10-13H2,1H3/t19-,20+/m0/s1. The molecule has 112 valence electrons. The second-order valence-corrected chi connectivity index (χ2v) is 6.94. The summed E-state index contributed by atoms with van der Waals surface area (Å²) >= 11 is 0. The summed E-state index contributed by atoms with van der Waals surface area (Å²) in [6, 6.07) is 17.0. The number of hydrogen-bond donors (Lipinski definition) is 0. The molecule has 2 aromatic rings. The maximum absolute atomic E-state index is 13.0. The van der Waals surface area contributed by atoms with Crippen molar-refractivity contribution in [2.24, 2.45) is 11.8 Å². The Kier molecular flexibility index (Phi) is 3.37. The Balaban J connectivity index is 1.69. The molecule has 2 aliphatic carbocycles. The van der Waals surface area contributed by atoms with E-state index in [1.165, 1.54) is 29.5 Å². The van der Waals surface area contributed by atoms with Crippen LogP contribution in [0.2, 0.25) is 0 Å². The van der Waals surface area contributed by atoms with Gasteiger partial charge in [0.05, 0.1) is 0 Å². The van der Waals surface area contributed by atoms with E-state index < -0.39 is 0 Å². The van der Waals surface area contributed by atoms with Crippen LogP contribution in [0, 0.1) is 18.8 Å². The van der Waals surface area contributed by atoms with Gasteiger partial charge in [0, 0.05) is 11.5 Å². The summed E-state index contributed by atoms with van der Waals surface area (Å²) in [5, 5.41) is 0. The van der Waals surface area contributed by atoms with Gasteiger partial charge < -0.3 is 0 Å². The van der Waals surface area contributed by atoms with Crippen LogP contribution in [-0.4, -0.2) is 5.78 Å². The maximum Gasteiger partial charge on any atom is 0.166 e. The first-order chi connectivity index (χ1) is 10.7. The van der Waals surface area contributed by atoms with Gasteiger partial charge in [-0.3, -0.25) is 4.79 Å². The van der Waals surface area contributed by atoms with Crippen molar-refractivity contribution in [2.75, 3.05) is 0 Å². The Bertz CT molecular complexity index is 694. The highest BCUT2D eigenvalue weighted by Gasteiger charge is 2.42. The fourth-order valence-electron chi connectivity index (χ4n) is 4.04. The average Bonchev–Trinajstić information content (AvgIpc) is 3.37. The second kappa shape index (κ2) is 5.39. The molecule has 2 aliphatic rings. The molecule has 0 N–H and O–H groups in total. The molecular formula is C21H22O. The number of carbonyl (C=O) groups excluding carboxylic acids is 1. The fraction of sp³-hybridized carbons (Fsp3) is 0.381. The van der Waals surface area contributed by atoms with Crippen LogP contribution in [0.5, 0.6) is 0 Å². The average molecular weight is 290 g/mol. The molecular weight excluding hydrogens is 268 g/mol. The lowest BCUT2D eigenvalue weighted by Gasteiger charge is -2.31. The normalized spacial score (nSPS) is 22.2. The molecule has 0 saturated heterocycles. The molecule has 1 nitrogen and oxygen atoms in total. The first kappa shape index (κ1) is 13.8. The number of carbonyl (C=O) groups is 1. The van der Waals surface area contributed by atoms with Gasteiger partial charge in [-0.05, 0) is 55.6 Å². The highest BCUT2D eigenvalue weighted by Crippen LogP contribution is 2.49. The van der Waals surface area contributed by atoms with E-state index in [1.807, 2.05) is 18.2 Å². The van der Waals surface area contributed by atoms with Crippen LogP contribution in [0.1, 0.15) is 52.2 Å². The largest absolute Gasteiger partial charge is 0.294 e. The van der Waals surface area contributed by atoms with Gasteiger partial charge in [0.15, 0.2) is 5.78 Å². The lowest BCUT2D eigenvalue weighted by atomic mass is 9.71. The lowest BCUT2D eigenvalue weighted by Crippen LogP contribution is -2.29. The third-order valence-corrected chi connectivity index (χ3v) is 5.37. The summed E-state index contributed by atoms with van der Waals surface area (Å²) in [6.07, 6.45) is 4.61. The number of Topliss-reactive ketones (excluding diaryl/α,β-unsaturated/α-hetero) is 1. The quantitative estimate of drug-likeness (QED) is 0.783. The van der Waals surface area contributed by atoms with Crippen LogP contribution in [-0.2, 0) is 6.42 Å². The number of fused-ring (bicyclic) bond motifs is 1. The van der Waals surface area contributed by atoms with Gasteiger partial charge in [-0.25, -0.2) is 0 Å². The van der Waals surface area contributed by atoms with Crippen LogP contribution >= 0.6 is 0 Å². The van der Waals surface area contributed by atoms with Crippen molar-refractivity contribution in [1.82, 2.24) is 0 Å². The van der Waals surface area contributed by atoms with E-state index in [0.29, 0.717) is 17.6 Å². The van der Waals surface area contributed by atoms with Gasteiger partial charge >= 0.3 is 0 Å². The second-order valence-electron chi connectivity index (χ2n) is 6.94. The minimum atomic E-state index is 0.171. The Labute approximate surface area is 132 Å². The fourth-order valence-corrected chi connectivity index (χ4v) is 4.04. The zero-order chi connectivity index (χ0) is 15.1. The van der Waals surface area contributed by atoms with E-state index in [-0.39, 0.29) is 5.92 Å². The van der Waals surface area contributed by atoms with E-state index in [4.69, 9.17) is 0 Å². The summed E-state index contributed by atoms with van der Waals surface area (Å²) in [4.78, 5) is 13.0. The molecule has 0 aromatic heterocycles. The molecule has 1 heteroatoms. The summed E-state index contributed by atoms with van der Waals surface area (Å²) in [5.74, 6) is 1.67. The zero-order valence-corrected chi connectivity index (χ0v) is 13.1. The predicted octanol–water partition coefficient (Wildman–Crippen LogP) is 4.93. The number of benzene rings is 2. The van der Waals surface area contributed by atoms with Gasteiger partial charge in [-0.2, -0.15) is 0 Å². The maximum atomic E-state index is 13.0. The van der Waals surface area contributed by atoms with Crippen LogP contribution in [0.4, 0.5) is 0 Å². The van der Waals surface area contributed by atoms with Crippen molar-refractivity contribution in [1.29, 1.82) is 0 Å². The summed E-state index contributed by atoms with van der Waals surface area (Å²) in [6.45, 7) is 2.12. The van der Waals surface area contributed by atoms with Crippen molar-refractivity contribution >= 4 is 5.78 Å². The Morgan fingerprint density at radius 1 is 0.955 bits per heavy atom. The lowest BCUT2D eigenvalue weighted by molar-refractivity contribution is 0.0871. The molecule has 22 heavy (non-hydrogen) atoms. The molecule has 0 radical (unpaired) electrons. The summed E-state index contributed by atoms with van der Waals surface area (Å²) < 4.78 is 0. The van der Waals surface area contributed by atoms with Gasteiger partial charge in [0.25, 0.3) is 0 Å². The minimum Gasteiger partial charge on any atom is -0.294 e. The van der Waals surface area contributed by atoms with Crippen molar-refractivity contribution in [3.8, 4) is 0 Å². The number of ketones is 1. The number of hydrogen-bond acceptors (Lipinski definition) is 1. The summed E-state index contributed by atoms with van der Waals surface area (Å²) in [7, 11) is 0. The van der Waals surface area contributed by atoms with Gasteiger partial charge in [-0.1, -0.05) is 54.1 Å². The minimum absolute atomic E-state index is 0.171. The first-order valence-corrected chi connectivity index (χ1v) is 8.43. The SMILES string of the molecule is Cc1ccc([C@H](C2CC2)[C@@H]2CCc3ccccc3C2=O)cc1. The van der Waals surface area contributed by atoms with Crippen molar-refractivity contribution in [3.05, 3.63) is 70.8 Å². The third kappa shape index (κ3) is 2.39. The van der Waals surface area contributed by atoms with E-state index in [2.05, 4.69) is 37.3 Å². The highest BCUT2D eigenvalue weighted by molar-refractivity contribution is 6.00. The molecule has 0 bridgehead atoms. The molecule has 4 rings (SSSR count). The Hall–Kier alpha value is -1.89. The monoisotopic (exact) mass is 290 g/mol.